The second-order valence-corrected chi connectivity index (χ2v) is 10.9. The van der Waals surface area contributed by atoms with E-state index >= 15 is 0 Å². The molecule has 0 aliphatic rings. The van der Waals surface area contributed by atoms with Crippen LogP contribution < -0.4 is 16.0 Å². The maximum absolute atomic E-state index is 13.2. The molecule has 0 aliphatic carbocycles. The summed E-state index contributed by atoms with van der Waals surface area (Å²) in [5, 5.41) is 9.11. The number of benzene rings is 2. The van der Waals surface area contributed by atoms with Gasteiger partial charge in [-0.1, -0.05) is 43.0 Å². The maximum atomic E-state index is 13.2. The van der Waals surface area contributed by atoms with E-state index in [4.69, 9.17) is 5.14 Å². The Balaban J connectivity index is 1.85. The molecule has 1 aromatic heterocycles. The summed E-state index contributed by atoms with van der Waals surface area (Å²) in [4.78, 5) is 30.3. The van der Waals surface area contributed by atoms with Gasteiger partial charge in [0.2, 0.25) is 15.9 Å². The SMILES string of the molecule is CCC(C)(C)NC(=O)CSc1nc2ccccc2c(=O)n1CCc1ccc(S(N)(=O)=O)cc1. The first-order valence-electron chi connectivity index (χ1n) is 10.6. The van der Waals surface area contributed by atoms with Crippen LogP contribution in [-0.4, -0.2) is 35.2 Å². The van der Waals surface area contributed by atoms with E-state index in [-0.39, 0.29) is 27.7 Å². The summed E-state index contributed by atoms with van der Waals surface area (Å²) in [5.41, 5.74) is 0.935. The molecule has 0 saturated carbocycles. The summed E-state index contributed by atoms with van der Waals surface area (Å²) < 4.78 is 24.5. The molecule has 0 spiro atoms. The number of nitrogens with zero attached hydrogens (tertiary/aromatic N) is 2. The predicted molar refractivity (Wildman–Crippen MR) is 131 cm³/mol. The highest BCUT2D eigenvalue weighted by Crippen LogP contribution is 2.19. The number of fused-ring (bicyclic) bond motifs is 1. The van der Waals surface area contributed by atoms with E-state index in [1.54, 1.807) is 34.9 Å². The molecule has 0 radical (unpaired) electrons. The smallest absolute Gasteiger partial charge is 0.262 e. The molecule has 1 amide bonds. The largest absolute Gasteiger partial charge is 0.351 e. The van der Waals surface area contributed by atoms with E-state index < -0.39 is 10.0 Å². The number of aromatic nitrogens is 2. The van der Waals surface area contributed by atoms with Gasteiger partial charge < -0.3 is 5.32 Å². The molecule has 0 bridgehead atoms. The molecule has 0 saturated heterocycles. The third kappa shape index (κ3) is 6.43. The van der Waals surface area contributed by atoms with Crippen LogP contribution in [0.3, 0.4) is 0 Å². The number of aryl methyl sites for hydroxylation is 1. The van der Waals surface area contributed by atoms with Crippen molar-refractivity contribution in [1.82, 2.24) is 14.9 Å². The molecular formula is C23H28N4O4S2. The number of amides is 1. The van der Waals surface area contributed by atoms with Crippen molar-refractivity contribution in [3.8, 4) is 0 Å². The van der Waals surface area contributed by atoms with Crippen LogP contribution in [0.2, 0.25) is 0 Å². The molecule has 0 unspecified atom stereocenters. The van der Waals surface area contributed by atoms with Crippen molar-refractivity contribution in [1.29, 1.82) is 0 Å². The van der Waals surface area contributed by atoms with Crippen LogP contribution in [0, 0.1) is 0 Å². The highest BCUT2D eigenvalue weighted by Gasteiger charge is 2.19. The number of carbonyl (C=O) groups is 1. The quantitative estimate of drug-likeness (QED) is 0.352. The monoisotopic (exact) mass is 488 g/mol. The Labute approximate surface area is 197 Å². The topological polar surface area (TPSA) is 124 Å². The Hall–Kier alpha value is -2.69. The van der Waals surface area contributed by atoms with Crippen molar-refractivity contribution in [3.63, 3.8) is 0 Å². The van der Waals surface area contributed by atoms with Gasteiger partial charge in [-0.2, -0.15) is 0 Å². The van der Waals surface area contributed by atoms with Gasteiger partial charge in [-0.25, -0.2) is 18.5 Å². The minimum absolute atomic E-state index is 0.0352. The lowest BCUT2D eigenvalue weighted by atomic mass is 10.0. The summed E-state index contributed by atoms with van der Waals surface area (Å²) in [6.45, 7) is 6.25. The van der Waals surface area contributed by atoms with Gasteiger partial charge in [0.25, 0.3) is 5.56 Å². The number of rotatable bonds is 9. The lowest BCUT2D eigenvalue weighted by Gasteiger charge is -2.24. The van der Waals surface area contributed by atoms with E-state index in [1.807, 2.05) is 26.8 Å². The Morgan fingerprint density at radius 1 is 1.15 bits per heavy atom. The number of carbonyl (C=O) groups excluding carboxylic acids is 1. The average Bonchev–Trinajstić information content (AvgIpc) is 2.76. The zero-order chi connectivity index (χ0) is 24.2. The molecule has 8 nitrogen and oxygen atoms in total. The highest BCUT2D eigenvalue weighted by molar-refractivity contribution is 7.99. The first kappa shape index (κ1) is 24.9. The number of para-hydroxylation sites is 1. The van der Waals surface area contributed by atoms with E-state index in [9.17, 15) is 18.0 Å². The van der Waals surface area contributed by atoms with Gasteiger partial charge in [-0.05, 0) is 56.5 Å². The summed E-state index contributed by atoms with van der Waals surface area (Å²) in [6.07, 6.45) is 1.28. The van der Waals surface area contributed by atoms with E-state index in [1.165, 1.54) is 23.9 Å². The molecule has 1 heterocycles. The number of hydrogen-bond donors (Lipinski definition) is 2. The molecule has 0 atom stereocenters. The first-order valence-corrected chi connectivity index (χ1v) is 13.1. The van der Waals surface area contributed by atoms with Crippen LogP contribution in [0.25, 0.3) is 10.9 Å². The van der Waals surface area contributed by atoms with Crippen molar-refractivity contribution in [2.24, 2.45) is 5.14 Å². The molecule has 33 heavy (non-hydrogen) atoms. The molecule has 3 aromatic rings. The van der Waals surface area contributed by atoms with Crippen molar-refractivity contribution in [2.75, 3.05) is 5.75 Å². The van der Waals surface area contributed by atoms with Crippen LogP contribution >= 0.6 is 11.8 Å². The standard InChI is InChI=1S/C23H28N4O4S2/c1-4-23(2,3)26-20(28)15-32-22-25-19-8-6-5-7-18(19)21(29)27(22)14-13-16-9-11-17(12-10-16)33(24,30)31/h5-12H,4,13-15H2,1-3H3,(H,26,28)(H2,24,30,31). The van der Waals surface area contributed by atoms with Crippen molar-refractivity contribution >= 4 is 38.6 Å². The highest BCUT2D eigenvalue weighted by atomic mass is 32.2. The lowest BCUT2D eigenvalue weighted by molar-refractivity contribution is -0.120. The summed E-state index contributed by atoms with van der Waals surface area (Å²) in [6, 6.07) is 13.3. The Kier molecular flexibility index (Phi) is 7.61. The fraction of sp³-hybridized carbons (Fsp3) is 0.348. The Morgan fingerprint density at radius 2 is 1.82 bits per heavy atom. The molecule has 0 fully saturated rings. The number of nitrogens with one attached hydrogen (secondary N) is 1. The predicted octanol–water partition coefficient (Wildman–Crippen LogP) is 2.68. The average molecular weight is 489 g/mol. The van der Waals surface area contributed by atoms with Gasteiger partial charge in [0, 0.05) is 12.1 Å². The van der Waals surface area contributed by atoms with Crippen LogP contribution in [-0.2, 0) is 27.8 Å². The van der Waals surface area contributed by atoms with Crippen molar-refractivity contribution in [3.05, 3.63) is 64.4 Å². The first-order chi connectivity index (χ1) is 15.5. The van der Waals surface area contributed by atoms with Gasteiger partial charge in [0.05, 0.1) is 21.6 Å². The summed E-state index contributed by atoms with van der Waals surface area (Å²) in [7, 11) is -3.76. The summed E-state index contributed by atoms with van der Waals surface area (Å²) >= 11 is 1.22. The zero-order valence-corrected chi connectivity index (χ0v) is 20.5. The van der Waals surface area contributed by atoms with Crippen LogP contribution in [0.4, 0.5) is 0 Å². The van der Waals surface area contributed by atoms with E-state index in [2.05, 4.69) is 10.3 Å². The number of thioether (sulfide) groups is 1. The number of sulfonamides is 1. The van der Waals surface area contributed by atoms with E-state index in [0.717, 1.165) is 12.0 Å². The number of primary sulfonamides is 1. The molecule has 0 aliphatic heterocycles. The molecular weight excluding hydrogens is 460 g/mol. The lowest BCUT2D eigenvalue weighted by Crippen LogP contribution is -2.43. The Bertz CT molecular complexity index is 1320. The van der Waals surface area contributed by atoms with Gasteiger partial charge in [0.15, 0.2) is 5.16 Å². The van der Waals surface area contributed by atoms with Crippen LogP contribution in [0.5, 0.6) is 0 Å². The zero-order valence-electron chi connectivity index (χ0n) is 18.9. The van der Waals surface area contributed by atoms with Gasteiger partial charge in [0.1, 0.15) is 0 Å². The number of hydrogen-bond acceptors (Lipinski definition) is 6. The molecule has 2 aromatic carbocycles. The molecule has 3 N–H and O–H groups in total. The minimum Gasteiger partial charge on any atom is -0.351 e. The maximum Gasteiger partial charge on any atom is 0.262 e. The normalized spacial score (nSPS) is 12.1. The fourth-order valence-electron chi connectivity index (χ4n) is 3.17. The second kappa shape index (κ2) is 10.1. The van der Waals surface area contributed by atoms with Gasteiger partial charge in [-0.3, -0.25) is 14.2 Å². The Morgan fingerprint density at radius 3 is 2.45 bits per heavy atom. The minimum atomic E-state index is -3.76. The third-order valence-electron chi connectivity index (χ3n) is 5.40. The molecule has 3 rings (SSSR count). The van der Waals surface area contributed by atoms with Crippen LogP contribution in [0.15, 0.2) is 63.4 Å². The van der Waals surface area contributed by atoms with E-state index in [0.29, 0.717) is 29.0 Å². The number of nitrogens with two attached hydrogens (primary N) is 1. The third-order valence-corrected chi connectivity index (χ3v) is 7.30. The van der Waals surface area contributed by atoms with Gasteiger partial charge >= 0.3 is 0 Å². The fourth-order valence-corrected chi connectivity index (χ4v) is 4.51. The van der Waals surface area contributed by atoms with Crippen LogP contribution in [0.1, 0.15) is 32.8 Å². The second-order valence-electron chi connectivity index (χ2n) is 8.38. The van der Waals surface area contributed by atoms with Crippen molar-refractivity contribution < 1.29 is 13.2 Å². The summed E-state index contributed by atoms with van der Waals surface area (Å²) in [5.74, 6) is 0.0106. The van der Waals surface area contributed by atoms with Crippen molar-refractivity contribution in [2.45, 2.75) is 55.7 Å². The van der Waals surface area contributed by atoms with Gasteiger partial charge in [-0.15, -0.1) is 0 Å². The molecule has 10 heteroatoms. The molecule has 176 valence electrons.